The second-order valence-corrected chi connectivity index (χ2v) is 4.12. The van der Waals surface area contributed by atoms with Crippen LogP contribution in [0.25, 0.3) is 0 Å². The van der Waals surface area contributed by atoms with Crippen LogP contribution in [0.3, 0.4) is 0 Å². The Balaban J connectivity index is 4.02. The first-order valence-corrected chi connectivity index (χ1v) is 5.32. The summed E-state index contributed by atoms with van der Waals surface area (Å²) in [5, 5.41) is 17.0. The van der Waals surface area contributed by atoms with Crippen molar-refractivity contribution in [3.05, 3.63) is 0 Å². The zero-order valence-corrected chi connectivity index (χ0v) is 8.61. The molecule has 0 aromatic rings. The molecule has 0 amide bonds. The number of hydrogen-bond acceptors (Lipinski definition) is 4. The molecule has 3 N–H and O–H groups in total. The summed E-state index contributed by atoms with van der Waals surface area (Å²) < 4.78 is 4.55. The van der Waals surface area contributed by atoms with E-state index in [1.165, 1.54) is 7.11 Å². The first-order valence-electron chi connectivity index (χ1n) is 3.92. The molecule has 7 heteroatoms. The van der Waals surface area contributed by atoms with E-state index in [1.54, 1.807) is 0 Å². The Hall–Kier alpha value is -0.710. The minimum atomic E-state index is -1.75. The quantitative estimate of drug-likeness (QED) is 0.544. The second kappa shape index (κ2) is 6.70. The molecule has 0 aliphatic rings. The van der Waals surface area contributed by atoms with Crippen LogP contribution in [-0.4, -0.2) is 40.3 Å². The fourth-order valence-corrected chi connectivity index (χ4v) is 1.72. The highest BCUT2D eigenvalue weighted by molar-refractivity contribution is 7.46. The van der Waals surface area contributed by atoms with E-state index in [-0.39, 0.29) is 19.0 Å². The minimum absolute atomic E-state index is 0.00736. The van der Waals surface area contributed by atoms with Crippen molar-refractivity contribution in [2.45, 2.75) is 12.8 Å². The third-order valence-electron chi connectivity index (χ3n) is 1.64. The van der Waals surface area contributed by atoms with E-state index in [4.69, 9.17) is 15.1 Å². The summed E-state index contributed by atoms with van der Waals surface area (Å²) in [5.74, 6) is -3.01. The standard InChI is InChI=1S/C7H13O6P/c1-13-14(12)4-5(7(10)11)2-3-6(8)9/h5,12H,2-4H2,1H3,(H,8,9)(H,10,11). The van der Waals surface area contributed by atoms with Gasteiger partial charge in [0.25, 0.3) is 0 Å². The first kappa shape index (κ1) is 13.3. The third kappa shape index (κ3) is 5.85. The van der Waals surface area contributed by atoms with Crippen molar-refractivity contribution in [1.82, 2.24) is 0 Å². The number of carboxylic acids is 2. The highest BCUT2D eigenvalue weighted by Gasteiger charge is 2.22. The van der Waals surface area contributed by atoms with Gasteiger partial charge in [-0.05, 0) is 6.42 Å². The molecule has 6 nitrogen and oxygen atoms in total. The molecule has 0 bridgehead atoms. The SMILES string of the molecule is COP(O)CC(CCC(=O)O)C(=O)O. The maximum absolute atomic E-state index is 10.6. The lowest BCUT2D eigenvalue weighted by atomic mass is 10.1. The van der Waals surface area contributed by atoms with E-state index in [1.807, 2.05) is 0 Å². The summed E-state index contributed by atoms with van der Waals surface area (Å²) in [4.78, 5) is 29.9. The number of carbonyl (C=O) groups is 2. The molecule has 0 saturated carbocycles. The molecule has 0 heterocycles. The van der Waals surface area contributed by atoms with E-state index in [9.17, 15) is 9.59 Å². The highest BCUT2D eigenvalue weighted by Crippen LogP contribution is 2.33. The monoisotopic (exact) mass is 224 g/mol. The Kier molecular flexibility index (Phi) is 6.36. The van der Waals surface area contributed by atoms with E-state index in [0.29, 0.717) is 0 Å². The lowest BCUT2D eigenvalue weighted by Crippen LogP contribution is -2.18. The predicted molar refractivity (Wildman–Crippen MR) is 49.0 cm³/mol. The maximum atomic E-state index is 10.6. The molecule has 0 aromatic carbocycles. The number of aliphatic carboxylic acids is 2. The summed E-state index contributed by atoms with van der Waals surface area (Å²) in [5.41, 5.74) is 0. The Labute approximate surface area is 82.4 Å². The van der Waals surface area contributed by atoms with Crippen LogP contribution in [0, 0.1) is 5.92 Å². The van der Waals surface area contributed by atoms with Gasteiger partial charge in [-0.25, -0.2) is 0 Å². The van der Waals surface area contributed by atoms with E-state index < -0.39 is 26.2 Å². The average molecular weight is 224 g/mol. The zero-order valence-electron chi connectivity index (χ0n) is 7.71. The molecule has 82 valence electrons. The molecule has 14 heavy (non-hydrogen) atoms. The van der Waals surface area contributed by atoms with E-state index in [0.717, 1.165) is 0 Å². The normalized spacial score (nSPS) is 14.7. The van der Waals surface area contributed by atoms with Crippen molar-refractivity contribution < 1.29 is 29.2 Å². The van der Waals surface area contributed by atoms with Gasteiger partial charge in [0, 0.05) is 19.7 Å². The van der Waals surface area contributed by atoms with Crippen LogP contribution < -0.4 is 0 Å². The van der Waals surface area contributed by atoms with Crippen LogP contribution in [0.4, 0.5) is 0 Å². The molecule has 0 spiro atoms. The zero-order chi connectivity index (χ0) is 11.1. The molecule has 0 aliphatic carbocycles. The van der Waals surface area contributed by atoms with Gasteiger partial charge in [-0.1, -0.05) is 0 Å². The van der Waals surface area contributed by atoms with Gasteiger partial charge in [0.2, 0.25) is 0 Å². The molecular formula is C7H13O6P. The van der Waals surface area contributed by atoms with Crippen molar-refractivity contribution in [1.29, 1.82) is 0 Å². The van der Waals surface area contributed by atoms with Crippen LogP contribution in [0.2, 0.25) is 0 Å². The summed E-state index contributed by atoms with van der Waals surface area (Å²) in [6.45, 7) is 0. The highest BCUT2D eigenvalue weighted by atomic mass is 31.2. The van der Waals surface area contributed by atoms with Gasteiger partial charge >= 0.3 is 11.9 Å². The van der Waals surface area contributed by atoms with Gasteiger partial charge in [0.15, 0.2) is 8.38 Å². The van der Waals surface area contributed by atoms with Crippen molar-refractivity contribution in [3.8, 4) is 0 Å². The smallest absolute Gasteiger partial charge is 0.307 e. The van der Waals surface area contributed by atoms with Gasteiger partial charge < -0.3 is 19.6 Å². The lowest BCUT2D eigenvalue weighted by Gasteiger charge is -2.13. The molecule has 0 saturated heterocycles. The molecule has 2 unspecified atom stereocenters. The summed E-state index contributed by atoms with van der Waals surface area (Å²) in [6, 6.07) is 0. The summed E-state index contributed by atoms with van der Waals surface area (Å²) in [6.07, 6.45) is -0.244. The van der Waals surface area contributed by atoms with Crippen LogP contribution in [0.5, 0.6) is 0 Å². The van der Waals surface area contributed by atoms with Gasteiger partial charge in [-0.3, -0.25) is 9.59 Å². The van der Waals surface area contributed by atoms with Crippen LogP contribution in [0.15, 0.2) is 0 Å². The molecule has 0 fully saturated rings. The second-order valence-electron chi connectivity index (χ2n) is 2.68. The lowest BCUT2D eigenvalue weighted by molar-refractivity contribution is -0.142. The van der Waals surface area contributed by atoms with Gasteiger partial charge in [0.1, 0.15) is 0 Å². The van der Waals surface area contributed by atoms with E-state index in [2.05, 4.69) is 4.52 Å². The molecule has 0 rings (SSSR count). The number of carboxylic acid groups (broad SMARTS) is 2. The fraction of sp³-hybridized carbons (Fsp3) is 0.714. The molecule has 0 radical (unpaired) electrons. The largest absolute Gasteiger partial charge is 0.481 e. The van der Waals surface area contributed by atoms with Crippen molar-refractivity contribution >= 4 is 20.3 Å². The van der Waals surface area contributed by atoms with Gasteiger partial charge in [0.05, 0.1) is 5.92 Å². The maximum Gasteiger partial charge on any atom is 0.307 e. The fourth-order valence-electron chi connectivity index (χ4n) is 0.854. The Morgan fingerprint density at radius 3 is 2.36 bits per heavy atom. The molecule has 0 aliphatic heterocycles. The number of hydrogen-bond donors (Lipinski definition) is 3. The van der Waals surface area contributed by atoms with Crippen molar-refractivity contribution in [2.75, 3.05) is 13.3 Å². The molecular weight excluding hydrogens is 211 g/mol. The van der Waals surface area contributed by atoms with Crippen molar-refractivity contribution in [2.24, 2.45) is 5.92 Å². The Morgan fingerprint density at radius 1 is 1.43 bits per heavy atom. The number of rotatable bonds is 7. The van der Waals surface area contributed by atoms with Crippen LogP contribution in [-0.2, 0) is 14.1 Å². The minimum Gasteiger partial charge on any atom is -0.481 e. The first-order chi connectivity index (χ1) is 6.47. The summed E-state index contributed by atoms with van der Waals surface area (Å²) >= 11 is 0. The third-order valence-corrected chi connectivity index (χ3v) is 2.82. The van der Waals surface area contributed by atoms with Crippen molar-refractivity contribution in [3.63, 3.8) is 0 Å². The van der Waals surface area contributed by atoms with E-state index >= 15 is 0 Å². The van der Waals surface area contributed by atoms with Crippen LogP contribution in [0.1, 0.15) is 12.8 Å². The summed E-state index contributed by atoms with van der Waals surface area (Å²) in [7, 11) is -0.475. The Bertz CT molecular complexity index is 206. The molecule has 2 atom stereocenters. The molecule has 0 aromatic heterocycles. The Morgan fingerprint density at radius 2 is 2.00 bits per heavy atom. The predicted octanol–water partition coefficient (Wildman–Crippen LogP) is 0.503. The van der Waals surface area contributed by atoms with Gasteiger partial charge in [-0.15, -0.1) is 0 Å². The average Bonchev–Trinajstić information content (AvgIpc) is 2.10. The topological polar surface area (TPSA) is 104 Å². The van der Waals surface area contributed by atoms with Gasteiger partial charge in [-0.2, -0.15) is 0 Å². The van der Waals surface area contributed by atoms with Crippen LogP contribution >= 0.6 is 8.38 Å².